The maximum absolute atomic E-state index is 12.5. The van der Waals surface area contributed by atoms with Crippen molar-refractivity contribution < 1.29 is 13.9 Å². The molecule has 1 saturated heterocycles. The van der Waals surface area contributed by atoms with Crippen LogP contribution in [-0.2, 0) is 6.42 Å². The average molecular weight is 394 g/mol. The predicted molar refractivity (Wildman–Crippen MR) is 111 cm³/mol. The van der Waals surface area contributed by atoms with Gasteiger partial charge in [0.25, 0.3) is 0 Å². The number of benzene rings is 2. The molecule has 152 valence electrons. The number of oxazole rings is 1. The van der Waals surface area contributed by atoms with E-state index in [2.05, 4.69) is 24.0 Å². The number of rotatable bonds is 5. The van der Waals surface area contributed by atoms with Gasteiger partial charge in [0, 0.05) is 13.1 Å². The second-order valence-electron chi connectivity index (χ2n) is 8.26. The summed E-state index contributed by atoms with van der Waals surface area (Å²) in [6.45, 7) is 5.57. The van der Waals surface area contributed by atoms with Crippen LogP contribution < -0.4 is 15.2 Å². The molecule has 0 aliphatic carbocycles. The highest BCUT2D eigenvalue weighted by atomic mass is 16.7. The van der Waals surface area contributed by atoms with Crippen LogP contribution in [0.3, 0.4) is 0 Å². The largest absolute Gasteiger partial charge is 0.454 e. The molecule has 6 nitrogen and oxygen atoms in total. The summed E-state index contributed by atoms with van der Waals surface area (Å²) < 4.78 is 18.2. The van der Waals surface area contributed by atoms with Crippen LogP contribution in [0.2, 0.25) is 0 Å². The van der Waals surface area contributed by atoms with Gasteiger partial charge in [0.1, 0.15) is 0 Å². The number of hydrogen-bond donors (Lipinski definition) is 0. The Bertz CT molecular complexity index is 1070. The van der Waals surface area contributed by atoms with Gasteiger partial charge < -0.3 is 18.8 Å². The van der Waals surface area contributed by atoms with Crippen molar-refractivity contribution >= 4 is 11.1 Å². The van der Waals surface area contributed by atoms with Crippen molar-refractivity contribution in [2.75, 3.05) is 26.4 Å². The average Bonchev–Trinajstić information content (AvgIpc) is 3.30. The first kappa shape index (κ1) is 18.3. The zero-order valence-electron chi connectivity index (χ0n) is 16.7. The first-order valence-electron chi connectivity index (χ1n) is 10.4. The molecule has 3 heterocycles. The lowest BCUT2D eigenvalue weighted by Crippen LogP contribution is -2.41. The van der Waals surface area contributed by atoms with E-state index in [0.29, 0.717) is 18.3 Å². The van der Waals surface area contributed by atoms with Crippen molar-refractivity contribution in [3.8, 4) is 11.5 Å². The van der Waals surface area contributed by atoms with Crippen LogP contribution in [0.1, 0.15) is 31.4 Å². The summed E-state index contributed by atoms with van der Waals surface area (Å²) in [5.74, 6) is 1.94. The Labute approximate surface area is 169 Å². The summed E-state index contributed by atoms with van der Waals surface area (Å²) in [4.78, 5) is 14.9. The molecule has 0 amide bonds. The van der Waals surface area contributed by atoms with Crippen LogP contribution in [0.4, 0.5) is 0 Å². The van der Waals surface area contributed by atoms with Crippen molar-refractivity contribution in [1.82, 2.24) is 9.47 Å². The van der Waals surface area contributed by atoms with E-state index in [-0.39, 0.29) is 11.8 Å². The van der Waals surface area contributed by atoms with Gasteiger partial charge in [0.15, 0.2) is 17.1 Å². The highest BCUT2D eigenvalue weighted by Crippen LogP contribution is 2.33. The Balaban J connectivity index is 1.26. The van der Waals surface area contributed by atoms with Crippen molar-refractivity contribution in [2.45, 2.75) is 32.2 Å². The van der Waals surface area contributed by atoms with E-state index in [4.69, 9.17) is 13.9 Å². The van der Waals surface area contributed by atoms with Crippen molar-refractivity contribution in [1.29, 1.82) is 0 Å². The lowest BCUT2D eigenvalue weighted by molar-refractivity contribution is 0.155. The zero-order chi connectivity index (χ0) is 19.8. The Morgan fingerprint density at radius 2 is 2.00 bits per heavy atom. The molecule has 5 rings (SSSR count). The highest BCUT2D eigenvalue weighted by molar-refractivity contribution is 5.72. The van der Waals surface area contributed by atoms with E-state index in [1.807, 2.05) is 34.9 Å². The molecule has 0 radical (unpaired) electrons. The molecule has 6 heteroatoms. The minimum absolute atomic E-state index is 0.164. The third kappa shape index (κ3) is 3.65. The van der Waals surface area contributed by atoms with Gasteiger partial charge in [0.05, 0.1) is 11.6 Å². The first-order valence-corrected chi connectivity index (χ1v) is 10.4. The molecule has 0 saturated carbocycles. The van der Waals surface area contributed by atoms with Gasteiger partial charge in [-0.1, -0.05) is 25.1 Å². The monoisotopic (exact) mass is 394 g/mol. The molecule has 2 aromatic carbocycles. The molecule has 2 atom stereocenters. The molecule has 0 bridgehead atoms. The van der Waals surface area contributed by atoms with E-state index in [0.717, 1.165) is 55.9 Å². The van der Waals surface area contributed by atoms with Crippen molar-refractivity contribution in [3.63, 3.8) is 0 Å². The fourth-order valence-corrected chi connectivity index (χ4v) is 4.71. The van der Waals surface area contributed by atoms with E-state index < -0.39 is 0 Å². The summed E-state index contributed by atoms with van der Waals surface area (Å²) in [7, 11) is 0. The van der Waals surface area contributed by atoms with Crippen LogP contribution >= 0.6 is 0 Å². The van der Waals surface area contributed by atoms with E-state index in [1.54, 1.807) is 0 Å². The molecular weight excluding hydrogens is 368 g/mol. The van der Waals surface area contributed by atoms with Crippen LogP contribution in [0, 0.1) is 5.92 Å². The summed E-state index contributed by atoms with van der Waals surface area (Å²) >= 11 is 0. The lowest BCUT2D eigenvalue weighted by Gasteiger charge is -2.34. The van der Waals surface area contributed by atoms with Crippen molar-refractivity contribution in [2.24, 2.45) is 5.92 Å². The molecule has 2 unspecified atom stereocenters. The summed E-state index contributed by atoms with van der Waals surface area (Å²) in [5, 5.41) is 0. The molecule has 1 aromatic heterocycles. The molecular formula is C23H26N2O4. The zero-order valence-corrected chi connectivity index (χ0v) is 16.7. The normalized spacial score (nSPS) is 20.2. The number of aromatic nitrogens is 1. The Morgan fingerprint density at radius 3 is 2.93 bits per heavy atom. The van der Waals surface area contributed by atoms with Gasteiger partial charge in [-0.15, -0.1) is 0 Å². The number of likely N-dealkylation sites (tertiary alicyclic amines) is 1. The van der Waals surface area contributed by atoms with Gasteiger partial charge >= 0.3 is 5.76 Å². The fraction of sp³-hybridized carbons (Fsp3) is 0.435. The van der Waals surface area contributed by atoms with E-state index >= 15 is 0 Å². The summed E-state index contributed by atoms with van der Waals surface area (Å²) in [6, 6.07) is 14.1. The number of ether oxygens (including phenoxy) is 2. The maximum Gasteiger partial charge on any atom is 0.420 e. The second-order valence-corrected chi connectivity index (χ2v) is 8.26. The SMILES string of the molecule is CC(Cc1ccc2c(c1)OCO2)CN1CCCC(n2c(=O)oc3ccccc32)C1. The second kappa shape index (κ2) is 7.59. The number of hydrogen-bond acceptors (Lipinski definition) is 5. The van der Waals surface area contributed by atoms with Gasteiger partial charge in [0.2, 0.25) is 6.79 Å². The molecule has 0 spiro atoms. The fourth-order valence-electron chi connectivity index (χ4n) is 4.71. The minimum atomic E-state index is -0.244. The standard InChI is InChI=1S/C23H26N2O4/c1-16(11-17-8-9-21-22(12-17)28-15-27-21)13-24-10-4-5-18(14-24)25-19-6-2-3-7-20(19)29-23(25)26/h2-3,6-9,12,16,18H,4-5,10-11,13-15H2,1H3. The van der Waals surface area contributed by atoms with Crippen LogP contribution in [0.15, 0.2) is 51.7 Å². The molecule has 2 aliphatic heterocycles. The number of nitrogens with zero attached hydrogens (tertiary/aromatic N) is 2. The Morgan fingerprint density at radius 1 is 1.14 bits per heavy atom. The Hall–Kier alpha value is -2.73. The van der Waals surface area contributed by atoms with Gasteiger partial charge in [-0.2, -0.15) is 0 Å². The van der Waals surface area contributed by atoms with E-state index in [1.165, 1.54) is 5.56 Å². The minimum Gasteiger partial charge on any atom is -0.454 e. The molecule has 0 N–H and O–H groups in total. The van der Waals surface area contributed by atoms with Crippen LogP contribution in [0.5, 0.6) is 11.5 Å². The van der Waals surface area contributed by atoms with Gasteiger partial charge in [-0.3, -0.25) is 4.57 Å². The number of fused-ring (bicyclic) bond motifs is 2. The number of para-hydroxylation sites is 2. The topological polar surface area (TPSA) is 56.8 Å². The molecule has 2 aliphatic rings. The maximum atomic E-state index is 12.5. The Kier molecular flexibility index (Phi) is 4.79. The van der Waals surface area contributed by atoms with E-state index in [9.17, 15) is 4.79 Å². The third-order valence-corrected chi connectivity index (χ3v) is 5.96. The predicted octanol–water partition coefficient (Wildman–Crippen LogP) is 3.84. The highest BCUT2D eigenvalue weighted by Gasteiger charge is 2.26. The lowest BCUT2D eigenvalue weighted by atomic mass is 9.98. The molecule has 29 heavy (non-hydrogen) atoms. The third-order valence-electron chi connectivity index (χ3n) is 5.96. The van der Waals surface area contributed by atoms with Gasteiger partial charge in [-0.25, -0.2) is 4.79 Å². The first-order chi connectivity index (χ1) is 14.2. The molecule has 3 aromatic rings. The van der Waals surface area contributed by atoms with Crippen LogP contribution in [-0.4, -0.2) is 35.9 Å². The summed E-state index contributed by atoms with van der Waals surface area (Å²) in [6.07, 6.45) is 3.09. The molecule has 1 fully saturated rings. The van der Waals surface area contributed by atoms with Crippen LogP contribution in [0.25, 0.3) is 11.1 Å². The number of piperidine rings is 1. The van der Waals surface area contributed by atoms with Crippen molar-refractivity contribution in [3.05, 3.63) is 58.6 Å². The quantitative estimate of drug-likeness (QED) is 0.658. The van der Waals surface area contributed by atoms with Gasteiger partial charge in [-0.05, 0) is 61.6 Å². The summed E-state index contributed by atoms with van der Waals surface area (Å²) in [5.41, 5.74) is 2.84. The smallest absolute Gasteiger partial charge is 0.420 e.